The van der Waals surface area contributed by atoms with Crippen molar-refractivity contribution in [1.29, 1.82) is 0 Å². The fraction of sp³-hybridized carbons (Fsp3) is 0.214. The van der Waals surface area contributed by atoms with E-state index in [4.69, 9.17) is 21.1 Å². The summed E-state index contributed by atoms with van der Waals surface area (Å²) in [6.45, 7) is 0. The zero-order valence-electron chi connectivity index (χ0n) is 11.7. The van der Waals surface area contributed by atoms with Crippen LogP contribution in [0.4, 0.5) is 0 Å². The molecule has 2 rings (SSSR count). The van der Waals surface area contributed by atoms with Crippen molar-refractivity contribution in [2.75, 3.05) is 21.3 Å². The van der Waals surface area contributed by atoms with Gasteiger partial charge in [-0.25, -0.2) is 14.8 Å². The predicted octanol–water partition coefficient (Wildman–Crippen LogP) is 2.60. The van der Waals surface area contributed by atoms with Crippen LogP contribution in [0.25, 0.3) is 11.3 Å². The Bertz CT molecular complexity index is 676. The minimum Gasteiger partial charge on any atom is -0.497 e. The maximum Gasteiger partial charge on any atom is 0.356 e. The summed E-state index contributed by atoms with van der Waals surface area (Å²) >= 11 is 5.87. The number of benzene rings is 1. The minimum atomic E-state index is -0.595. The van der Waals surface area contributed by atoms with Crippen LogP contribution in [0, 0.1) is 0 Å². The van der Waals surface area contributed by atoms with Gasteiger partial charge in [0.15, 0.2) is 5.69 Å². The summed E-state index contributed by atoms with van der Waals surface area (Å²) < 4.78 is 15.1. The van der Waals surface area contributed by atoms with Crippen LogP contribution < -0.4 is 9.47 Å². The molecule has 0 aliphatic rings. The average Bonchev–Trinajstić information content (AvgIpc) is 2.52. The Morgan fingerprint density at radius 1 is 1.10 bits per heavy atom. The number of aromatic nitrogens is 2. The van der Waals surface area contributed by atoms with Gasteiger partial charge in [-0.15, -0.1) is 0 Å². The molecular formula is C14H13ClN2O4. The van der Waals surface area contributed by atoms with Gasteiger partial charge in [0.2, 0.25) is 5.28 Å². The van der Waals surface area contributed by atoms with Crippen LogP contribution in [0.1, 0.15) is 10.5 Å². The molecule has 0 saturated heterocycles. The number of esters is 1. The van der Waals surface area contributed by atoms with Crippen molar-refractivity contribution in [3.63, 3.8) is 0 Å². The SMILES string of the molecule is COC(=O)c1cc(-c2cc(OC)ccc2OC)nc(Cl)n1. The molecule has 0 aliphatic heterocycles. The van der Waals surface area contributed by atoms with Crippen molar-refractivity contribution < 1.29 is 19.0 Å². The molecule has 0 N–H and O–H groups in total. The van der Waals surface area contributed by atoms with E-state index in [0.717, 1.165) is 0 Å². The van der Waals surface area contributed by atoms with E-state index in [9.17, 15) is 4.79 Å². The van der Waals surface area contributed by atoms with Crippen LogP contribution in [0.2, 0.25) is 5.28 Å². The van der Waals surface area contributed by atoms with Crippen molar-refractivity contribution in [2.24, 2.45) is 0 Å². The fourth-order valence-electron chi connectivity index (χ4n) is 1.78. The smallest absolute Gasteiger partial charge is 0.356 e. The molecule has 21 heavy (non-hydrogen) atoms. The second-order valence-electron chi connectivity index (χ2n) is 3.97. The molecule has 0 radical (unpaired) electrons. The lowest BCUT2D eigenvalue weighted by Crippen LogP contribution is -2.06. The Hall–Kier alpha value is -2.34. The summed E-state index contributed by atoms with van der Waals surface area (Å²) in [4.78, 5) is 19.6. The monoisotopic (exact) mass is 308 g/mol. The summed E-state index contributed by atoms with van der Waals surface area (Å²) in [7, 11) is 4.36. The van der Waals surface area contributed by atoms with Gasteiger partial charge < -0.3 is 14.2 Å². The number of methoxy groups -OCH3 is 3. The van der Waals surface area contributed by atoms with Gasteiger partial charge in [0.25, 0.3) is 0 Å². The molecule has 6 nitrogen and oxygen atoms in total. The second-order valence-corrected chi connectivity index (χ2v) is 4.30. The first-order valence-electron chi connectivity index (χ1n) is 5.94. The largest absolute Gasteiger partial charge is 0.497 e. The molecule has 0 unspecified atom stereocenters. The van der Waals surface area contributed by atoms with Gasteiger partial charge in [-0.2, -0.15) is 0 Å². The normalized spacial score (nSPS) is 10.1. The van der Waals surface area contributed by atoms with E-state index in [1.165, 1.54) is 20.3 Å². The quantitative estimate of drug-likeness (QED) is 0.638. The van der Waals surface area contributed by atoms with Crippen molar-refractivity contribution in [1.82, 2.24) is 9.97 Å². The average molecular weight is 309 g/mol. The Kier molecular flexibility index (Phi) is 4.59. The lowest BCUT2D eigenvalue weighted by atomic mass is 10.1. The molecule has 0 spiro atoms. The van der Waals surface area contributed by atoms with Crippen molar-refractivity contribution in [3.05, 3.63) is 35.2 Å². The highest BCUT2D eigenvalue weighted by atomic mass is 35.5. The number of carbonyl (C=O) groups is 1. The van der Waals surface area contributed by atoms with E-state index >= 15 is 0 Å². The van der Waals surface area contributed by atoms with E-state index in [1.54, 1.807) is 25.3 Å². The van der Waals surface area contributed by atoms with Gasteiger partial charge in [0.1, 0.15) is 11.5 Å². The first-order chi connectivity index (χ1) is 10.1. The summed E-state index contributed by atoms with van der Waals surface area (Å²) in [5.74, 6) is 0.601. The maximum absolute atomic E-state index is 11.6. The second kappa shape index (κ2) is 6.41. The summed E-state index contributed by atoms with van der Waals surface area (Å²) in [5.41, 5.74) is 1.13. The molecule has 110 valence electrons. The first kappa shape index (κ1) is 15.1. The molecule has 0 atom stereocenters. The third kappa shape index (κ3) is 3.22. The van der Waals surface area contributed by atoms with Crippen molar-refractivity contribution in [2.45, 2.75) is 0 Å². The van der Waals surface area contributed by atoms with E-state index in [1.807, 2.05) is 0 Å². The third-order valence-electron chi connectivity index (χ3n) is 2.78. The molecular weight excluding hydrogens is 296 g/mol. The standard InChI is InChI=1S/C14H13ClN2O4/c1-19-8-4-5-12(20-2)9(6-8)10-7-11(13(18)21-3)17-14(15)16-10/h4-7H,1-3H3. The van der Waals surface area contributed by atoms with Gasteiger partial charge in [0, 0.05) is 5.56 Å². The van der Waals surface area contributed by atoms with Crippen molar-refractivity contribution >= 4 is 17.6 Å². The molecule has 0 bridgehead atoms. The predicted molar refractivity (Wildman–Crippen MR) is 76.9 cm³/mol. The number of ether oxygens (including phenoxy) is 3. The molecule has 1 aromatic carbocycles. The fourth-order valence-corrected chi connectivity index (χ4v) is 1.96. The molecule has 0 aliphatic carbocycles. The van der Waals surface area contributed by atoms with Crippen LogP contribution in [-0.4, -0.2) is 37.3 Å². The molecule has 2 aromatic rings. The van der Waals surface area contributed by atoms with Crippen molar-refractivity contribution in [3.8, 4) is 22.8 Å². The highest BCUT2D eigenvalue weighted by Crippen LogP contribution is 2.33. The van der Waals surface area contributed by atoms with Crippen LogP contribution in [-0.2, 0) is 4.74 Å². The summed E-state index contributed by atoms with van der Waals surface area (Å²) in [6, 6.07) is 6.71. The first-order valence-corrected chi connectivity index (χ1v) is 6.32. The van der Waals surface area contributed by atoms with Crippen LogP contribution in [0.3, 0.4) is 0 Å². The Morgan fingerprint density at radius 3 is 2.48 bits per heavy atom. The number of halogens is 1. The lowest BCUT2D eigenvalue weighted by molar-refractivity contribution is 0.0594. The van der Waals surface area contributed by atoms with E-state index < -0.39 is 5.97 Å². The Labute approximate surface area is 126 Å². The van der Waals surface area contributed by atoms with Crippen LogP contribution in [0.5, 0.6) is 11.5 Å². The third-order valence-corrected chi connectivity index (χ3v) is 2.95. The summed E-state index contributed by atoms with van der Waals surface area (Å²) in [6.07, 6.45) is 0. The number of hydrogen-bond acceptors (Lipinski definition) is 6. The van der Waals surface area contributed by atoms with Gasteiger partial charge >= 0.3 is 5.97 Å². The van der Waals surface area contributed by atoms with Gasteiger partial charge in [-0.05, 0) is 35.9 Å². The molecule has 1 heterocycles. The molecule has 1 aromatic heterocycles. The molecule has 0 saturated carbocycles. The summed E-state index contributed by atoms with van der Waals surface area (Å²) in [5, 5.41) is -0.0576. The molecule has 7 heteroatoms. The van der Waals surface area contributed by atoms with E-state index in [2.05, 4.69) is 14.7 Å². The van der Waals surface area contributed by atoms with Gasteiger partial charge in [-0.3, -0.25) is 0 Å². The zero-order chi connectivity index (χ0) is 15.4. The van der Waals surface area contributed by atoms with E-state index in [0.29, 0.717) is 22.8 Å². The van der Waals surface area contributed by atoms with Gasteiger partial charge in [-0.1, -0.05) is 0 Å². The number of hydrogen-bond donors (Lipinski definition) is 0. The van der Waals surface area contributed by atoms with Gasteiger partial charge in [0.05, 0.1) is 27.0 Å². The maximum atomic E-state index is 11.6. The Balaban J connectivity index is 2.60. The lowest BCUT2D eigenvalue weighted by Gasteiger charge is -2.10. The van der Waals surface area contributed by atoms with Crippen LogP contribution >= 0.6 is 11.6 Å². The zero-order valence-corrected chi connectivity index (χ0v) is 12.5. The van der Waals surface area contributed by atoms with E-state index in [-0.39, 0.29) is 11.0 Å². The number of nitrogens with zero attached hydrogens (tertiary/aromatic N) is 2. The number of carbonyl (C=O) groups excluding carboxylic acids is 1. The molecule has 0 amide bonds. The van der Waals surface area contributed by atoms with Crippen LogP contribution in [0.15, 0.2) is 24.3 Å². The highest BCUT2D eigenvalue weighted by Gasteiger charge is 2.15. The highest BCUT2D eigenvalue weighted by molar-refractivity contribution is 6.28. The minimum absolute atomic E-state index is 0.0576. The molecule has 0 fully saturated rings. The number of rotatable bonds is 4. The topological polar surface area (TPSA) is 70.5 Å². The Morgan fingerprint density at radius 2 is 1.86 bits per heavy atom.